The molecule has 1 amide bonds. The van der Waals surface area contributed by atoms with Gasteiger partial charge in [-0.15, -0.1) is 0 Å². The molecule has 0 spiro atoms. The number of carbonyl (C=O) groups is 1. The Morgan fingerprint density at radius 3 is 2.33 bits per heavy atom. The second-order valence-corrected chi connectivity index (χ2v) is 7.23. The number of anilines is 1. The zero-order valence-corrected chi connectivity index (χ0v) is 13.1. The molecule has 1 atom stereocenters. The molecule has 0 bridgehead atoms. The van der Waals surface area contributed by atoms with Gasteiger partial charge in [0.1, 0.15) is 0 Å². The average Bonchev–Trinajstić information content (AvgIpc) is 3.20. The van der Waals surface area contributed by atoms with Crippen LogP contribution in [0.2, 0.25) is 0 Å². The number of nitrogens with two attached hydrogens (primary N) is 1. The van der Waals surface area contributed by atoms with E-state index in [0.29, 0.717) is 5.69 Å². The van der Waals surface area contributed by atoms with Crippen molar-refractivity contribution in [3.05, 3.63) is 24.3 Å². The van der Waals surface area contributed by atoms with Crippen LogP contribution in [0.4, 0.5) is 5.69 Å². The third kappa shape index (κ3) is 4.23. The van der Waals surface area contributed by atoms with Crippen LogP contribution in [0.3, 0.4) is 0 Å². The molecule has 1 aromatic rings. The van der Waals surface area contributed by atoms with Crippen molar-refractivity contribution in [2.24, 2.45) is 11.7 Å². The molecule has 0 aromatic heterocycles. The summed E-state index contributed by atoms with van der Waals surface area (Å²) in [7, 11) is -3.68. The van der Waals surface area contributed by atoms with E-state index >= 15 is 0 Å². The first-order valence-corrected chi connectivity index (χ1v) is 8.38. The van der Waals surface area contributed by atoms with E-state index in [4.69, 9.17) is 18.0 Å². The van der Waals surface area contributed by atoms with E-state index in [0.717, 1.165) is 12.8 Å². The molecule has 4 N–H and O–H groups in total. The fourth-order valence-corrected chi connectivity index (χ4v) is 3.58. The minimum atomic E-state index is -3.68. The van der Waals surface area contributed by atoms with Gasteiger partial charge in [0.15, 0.2) is 0 Å². The fourth-order valence-electron chi connectivity index (χ4n) is 1.97. The summed E-state index contributed by atoms with van der Waals surface area (Å²) in [4.78, 5) is 11.2. The number of carbonyl (C=O) groups excluding carboxylic acids is 1. The third-order valence-electron chi connectivity index (χ3n) is 3.17. The normalized spacial score (nSPS) is 16.2. The number of hydrogen-bond acceptors (Lipinski definition) is 4. The van der Waals surface area contributed by atoms with E-state index in [2.05, 4.69) is 10.0 Å². The quantitative estimate of drug-likeness (QED) is 0.676. The topological polar surface area (TPSA) is 101 Å². The molecule has 2 rings (SSSR count). The van der Waals surface area contributed by atoms with Gasteiger partial charge >= 0.3 is 0 Å². The lowest BCUT2D eigenvalue weighted by Gasteiger charge is -2.17. The van der Waals surface area contributed by atoms with E-state index in [-0.39, 0.29) is 21.7 Å². The van der Waals surface area contributed by atoms with Crippen molar-refractivity contribution in [2.45, 2.75) is 30.7 Å². The Kier molecular flexibility index (Phi) is 4.60. The molecular formula is C13H17N3O3S2. The summed E-state index contributed by atoms with van der Waals surface area (Å²) in [6, 6.07) is 5.42. The molecule has 0 heterocycles. The second kappa shape index (κ2) is 6.08. The Morgan fingerprint density at radius 2 is 1.90 bits per heavy atom. The van der Waals surface area contributed by atoms with Crippen molar-refractivity contribution in [3.8, 4) is 0 Å². The molecule has 0 radical (unpaired) electrons. The first-order valence-electron chi connectivity index (χ1n) is 6.49. The predicted molar refractivity (Wildman–Crippen MR) is 84.4 cm³/mol. The highest BCUT2D eigenvalue weighted by molar-refractivity contribution is 7.89. The maximum Gasteiger partial charge on any atom is 0.241 e. The molecule has 0 saturated heterocycles. The SMILES string of the molecule is CC(=O)Nc1ccc(S(=O)(=O)NC(C(N)=S)C2CC2)cc1. The third-order valence-corrected chi connectivity index (χ3v) is 4.88. The molecule has 6 nitrogen and oxygen atoms in total. The van der Waals surface area contributed by atoms with Gasteiger partial charge < -0.3 is 11.1 Å². The van der Waals surface area contributed by atoms with Gasteiger partial charge in [-0.25, -0.2) is 13.1 Å². The molecule has 114 valence electrons. The zero-order chi connectivity index (χ0) is 15.6. The van der Waals surface area contributed by atoms with E-state index in [1.165, 1.54) is 31.2 Å². The Hall–Kier alpha value is -1.51. The van der Waals surface area contributed by atoms with Crippen LogP contribution in [0.25, 0.3) is 0 Å². The molecule has 1 unspecified atom stereocenters. The Balaban J connectivity index is 2.15. The summed E-state index contributed by atoms with van der Waals surface area (Å²) < 4.78 is 27.1. The van der Waals surface area contributed by atoms with Gasteiger partial charge in [0.05, 0.1) is 15.9 Å². The number of sulfonamides is 1. The van der Waals surface area contributed by atoms with Crippen molar-refractivity contribution in [3.63, 3.8) is 0 Å². The van der Waals surface area contributed by atoms with Crippen LogP contribution in [0.1, 0.15) is 19.8 Å². The minimum absolute atomic E-state index is 0.110. The highest BCUT2D eigenvalue weighted by Crippen LogP contribution is 2.33. The standard InChI is InChI=1S/C13H17N3O3S2/c1-8(17)15-10-4-6-11(7-5-10)21(18,19)16-12(13(14)20)9-2-3-9/h4-7,9,12,16H,2-3H2,1H3,(H2,14,20)(H,15,17). The molecule has 1 saturated carbocycles. The summed E-state index contributed by atoms with van der Waals surface area (Å²) >= 11 is 4.92. The lowest BCUT2D eigenvalue weighted by Crippen LogP contribution is -2.44. The Bertz CT molecular complexity index is 652. The van der Waals surface area contributed by atoms with Gasteiger partial charge in [0.2, 0.25) is 15.9 Å². The number of amides is 1. The summed E-state index contributed by atoms with van der Waals surface area (Å²) in [5.74, 6) is -0.0260. The van der Waals surface area contributed by atoms with Gasteiger partial charge in [-0.05, 0) is 43.0 Å². The zero-order valence-electron chi connectivity index (χ0n) is 11.5. The monoisotopic (exact) mass is 327 g/mol. The first kappa shape index (κ1) is 15.9. The maximum absolute atomic E-state index is 12.3. The second-order valence-electron chi connectivity index (χ2n) is 5.04. The van der Waals surface area contributed by atoms with Crippen LogP contribution in [-0.2, 0) is 14.8 Å². The molecule has 1 aliphatic rings. The van der Waals surface area contributed by atoms with E-state index < -0.39 is 16.1 Å². The molecule has 8 heteroatoms. The van der Waals surface area contributed by atoms with Crippen LogP contribution in [0.15, 0.2) is 29.2 Å². The highest BCUT2D eigenvalue weighted by Gasteiger charge is 2.36. The summed E-state index contributed by atoms with van der Waals surface area (Å²) in [6.07, 6.45) is 1.85. The smallest absolute Gasteiger partial charge is 0.241 e. The lowest BCUT2D eigenvalue weighted by molar-refractivity contribution is -0.114. The van der Waals surface area contributed by atoms with Crippen molar-refractivity contribution >= 4 is 38.8 Å². The molecular weight excluding hydrogens is 310 g/mol. The Labute approximate surface area is 129 Å². The van der Waals surface area contributed by atoms with Gasteiger partial charge in [-0.1, -0.05) is 12.2 Å². The van der Waals surface area contributed by atoms with Crippen LogP contribution in [0, 0.1) is 5.92 Å². The van der Waals surface area contributed by atoms with E-state index in [1.807, 2.05) is 0 Å². The van der Waals surface area contributed by atoms with Crippen LogP contribution in [0.5, 0.6) is 0 Å². The van der Waals surface area contributed by atoms with Gasteiger partial charge in [-0.3, -0.25) is 4.79 Å². The first-order chi connectivity index (χ1) is 9.79. The largest absolute Gasteiger partial charge is 0.392 e. The predicted octanol–water partition coefficient (Wildman–Crippen LogP) is 0.988. The number of benzene rings is 1. The number of nitrogens with one attached hydrogen (secondary N) is 2. The molecule has 1 aliphatic carbocycles. The van der Waals surface area contributed by atoms with Gasteiger partial charge in [-0.2, -0.15) is 0 Å². The lowest BCUT2D eigenvalue weighted by atomic mass is 10.2. The maximum atomic E-state index is 12.3. The number of hydrogen-bond donors (Lipinski definition) is 3. The number of rotatable bonds is 6. The van der Waals surface area contributed by atoms with Crippen LogP contribution >= 0.6 is 12.2 Å². The fraction of sp³-hybridized carbons (Fsp3) is 0.385. The minimum Gasteiger partial charge on any atom is -0.392 e. The van der Waals surface area contributed by atoms with E-state index in [9.17, 15) is 13.2 Å². The summed E-state index contributed by atoms with van der Waals surface area (Å²) in [5.41, 5.74) is 6.14. The van der Waals surface area contributed by atoms with Crippen molar-refractivity contribution in [2.75, 3.05) is 5.32 Å². The number of thiocarbonyl (C=S) groups is 1. The molecule has 1 fully saturated rings. The summed E-state index contributed by atoms with van der Waals surface area (Å²) in [6.45, 7) is 1.38. The van der Waals surface area contributed by atoms with E-state index in [1.54, 1.807) is 0 Å². The highest BCUT2D eigenvalue weighted by atomic mass is 32.2. The van der Waals surface area contributed by atoms with Crippen molar-refractivity contribution < 1.29 is 13.2 Å². The van der Waals surface area contributed by atoms with Gasteiger partial charge in [0, 0.05) is 12.6 Å². The van der Waals surface area contributed by atoms with Crippen LogP contribution in [-0.4, -0.2) is 25.4 Å². The van der Waals surface area contributed by atoms with Gasteiger partial charge in [0.25, 0.3) is 0 Å². The molecule has 1 aromatic carbocycles. The molecule has 0 aliphatic heterocycles. The average molecular weight is 327 g/mol. The van der Waals surface area contributed by atoms with Crippen molar-refractivity contribution in [1.29, 1.82) is 0 Å². The Morgan fingerprint density at radius 1 is 1.33 bits per heavy atom. The molecule has 21 heavy (non-hydrogen) atoms. The van der Waals surface area contributed by atoms with Crippen molar-refractivity contribution in [1.82, 2.24) is 4.72 Å². The summed E-state index contributed by atoms with van der Waals surface area (Å²) in [5, 5.41) is 2.58. The van der Waals surface area contributed by atoms with Crippen LogP contribution < -0.4 is 15.8 Å².